The lowest BCUT2D eigenvalue weighted by Crippen LogP contribution is -2.31. The second-order valence-corrected chi connectivity index (χ2v) is 5.18. The van der Waals surface area contributed by atoms with Crippen LogP contribution < -0.4 is 10.2 Å². The average Bonchev–Trinajstić information content (AvgIpc) is 2.62. The standard InChI is InChI=1S/C15H25N3O/c1-4-16-10-14-6-7-15(17-13(14)3)18-8-5-9-19-12(2)11-18/h6-7,12,16H,4-5,8-11H2,1-3H3. The van der Waals surface area contributed by atoms with Crippen LogP contribution in [0.4, 0.5) is 5.82 Å². The highest BCUT2D eigenvalue weighted by Gasteiger charge is 2.16. The number of pyridine rings is 1. The van der Waals surface area contributed by atoms with Gasteiger partial charge in [0, 0.05) is 31.9 Å². The van der Waals surface area contributed by atoms with E-state index in [1.807, 2.05) is 0 Å². The highest BCUT2D eigenvalue weighted by molar-refractivity contribution is 5.42. The monoisotopic (exact) mass is 263 g/mol. The summed E-state index contributed by atoms with van der Waals surface area (Å²) in [6, 6.07) is 4.33. The minimum atomic E-state index is 0.283. The molecule has 2 rings (SSSR count). The van der Waals surface area contributed by atoms with Gasteiger partial charge in [0.15, 0.2) is 0 Å². The van der Waals surface area contributed by atoms with Crippen molar-refractivity contribution in [3.05, 3.63) is 23.4 Å². The Bertz CT molecular complexity index is 408. The van der Waals surface area contributed by atoms with Gasteiger partial charge in [-0.2, -0.15) is 0 Å². The van der Waals surface area contributed by atoms with Crippen LogP contribution in [0.2, 0.25) is 0 Å². The SMILES string of the molecule is CCNCc1ccc(N2CCCOC(C)C2)nc1C. The van der Waals surface area contributed by atoms with E-state index in [0.717, 1.165) is 50.7 Å². The summed E-state index contributed by atoms with van der Waals surface area (Å²) in [5.74, 6) is 1.08. The number of ether oxygens (including phenoxy) is 1. The maximum atomic E-state index is 5.68. The Hall–Kier alpha value is -1.13. The van der Waals surface area contributed by atoms with Gasteiger partial charge in [-0.3, -0.25) is 0 Å². The van der Waals surface area contributed by atoms with Crippen LogP contribution in [-0.4, -0.2) is 37.3 Å². The zero-order chi connectivity index (χ0) is 13.7. The molecule has 1 aromatic heterocycles. The number of hydrogen-bond donors (Lipinski definition) is 1. The second kappa shape index (κ2) is 6.87. The van der Waals surface area contributed by atoms with Crippen LogP contribution in [0.15, 0.2) is 12.1 Å². The van der Waals surface area contributed by atoms with Crippen LogP contribution in [0.3, 0.4) is 0 Å². The summed E-state index contributed by atoms with van der Waals surface area (Å²) in [5.41, 5.74) is 2.40. The van der Waals surface area contributed by atoms with Gasteiger partial charge in [-0.1, -0.05) is 13.0 Å². The number of hydrogen-bond acceptors (Lipinski definition) is 4. The lowest BCUT2D eigenvalue weighted by Gasteiger charge is -2.24. The lowest BCUT2D eigenvalue weighted by molar-refractivity contribution is 0.0820. The molecule has 1 atom stereocenters. The van der Waals surface area contributed by atoms with Gasteiger partial charge < -0.3 is 15.0 Å². The first-order chi connectivity index (χ1) is 9.20. The summed E-state index contributed by atoms with van der Waals surface area (Å²) in [4.78, 5) is 7.09. The van der Waals surface area contributed by atoms with Gasteiger partial charge in [0.05, 0.1) is 6.10 Å². The molecule has 4 nitrogen and oxygen atoms in total. The fourth-order valence-corrected chi connectivity index (χ4v) is 2.40. The Morgan fingerprint density at radius 3 is 3.05 bits per heavy atom. The smallest absolute Gasteiger partial charge is 0.128 e. The van der Waals surface area contributed by atoms with Gasteiger partial charge in [0.1, 0.15) is 5.82 Å². The molecule has 0 spiro atoms. The van der Waals surface area contributed by atoms with Crippen LogP contribution in [-0.2, 0) is 11.3 Å². The predicted octanol–water partition coefficient (Wildman–Crippen LogP) is 2.11. The van der Waals surface area contributed by atoms with Crippen molar-refractivity contribution in [1.82, 2.24) is 10.3 Å². The second-order valence-electron chi connectivity index (χ2n) is 5.18. The van der Waals surface area contributed by atoms with Gasteiger partial charge in [-0.25, -0.2) is 4.98 Å². The summed E-state index contributed by atoms with van der Waals surface area (Å²) in [5, 5.41) is 3.35. The Kier molecular flexibility index (Phi) is 5.16. The van der Waals surface area contributed by atoms with E-state index in [9.17, 15) is 0 Å². The molecular formula is C15H25N3O. The van der Waals surface area contributed by atoms with E-state index in [4.69, 9.17) is 9.72 Å². The summed E-state index contributed by atoms with van der Waals surface area (Å²) < 4.78 is 5.68. The van der Waals surface area contributed by atoms with Crippen molar-refractivity contribution in [2.45, 2.75) is 39.8 Å². The third-order valence-corrected chi connectivity index (χ3v) is 3.52. The van der Waals surface area contributed by atoms with Crippen molar-refractivity contribution in [3.8, 4) is 0 Å². The van der Waals surface area contributed by atoms with E-state index >= 15 is 0 Å². The van der Waals surface area contributed by atoms with Crippen LogP contribution in [0.1, 0.15) is 31.5 Å². The number of aromatic nitrogens is 1. The fraction of sp³-hybridized carbons (Fsp3) is 0.667. The molecule has 1 aliphatic heterocycles. The van der Waals surface area contributed by atoms with E-state index in [1.54, 1.807) is 0 Å². The van der Waals surface area contributed by atoms with Gasteiger partial charge in [0.2, 0.25) is 0 Å². The summed E-state index contributed by atoms with van der Waals surface area (Å²) >= 11 is 0. The Labute approximate surface area is 116 Å². The average molecular weight is 263 g/mol. The number of nitrogens with one attached hydrogen (secondary N) is 1. The molecule has 0 amide bonds. The largest absolute Gasteiger partial charge is 0.377 e. The Morgan fingerprint density at radius 1 is 1.47 bits per heavy atom. The van der Waals surface area contributed by atoms with Gasteiger partial charge in [0.25, 0.3) is 0 Å². The van der Waals surface area contributed by atoms with Crippen molar-refractivity contribution in [2.24, 2.45) is 0 Å². The van der Waals surface area contributed by atoms with Crippen molar-refractivity contribution >= 4 is 5.82 Å². The molecule has 0 aliphatic carbocycles. The maximum Gasteiger partial charge on any atom is 0.128 e. The van der Waals surface area contributed by atoms with Crippen molar-refractivity contribution < 1.29 is 4.74 Å². The minimum absolute atomic E-state index is 0.283. The first-order valence-corrected chi connectivity index (χ1v) is 7.24. The normalized spacial score (nSPS) is 20.4. The van der Waals surface area contributed by atoms with Crippen molar-refractivity contribution in [1.29, 1.82) is 0 Å². The molecule has 1 unspecified atom stereocenters. The van der Waals surface area contributed by atoms with E-state index < -0.39 is 0 Å². The number of nitrogens with zero attached hydrogens (tertiary/aromatic N) is 2. The zero-order valence-electron chi connectivity index (χ0n) is 12.3. The predicted molar refractivity (Wildman–Crippen MR) is 78.6 cm³/mol. The highest BCUT2D eigenvalue weighted by Crippen LogP contribution is 2.18. The van der Waals surface area contributed by atoms with E-state index in [2.05, 4.69) is 43.1 Å². The van der Waals surface area contributed by atoms with Crippen molar-refractivity contribution in [2.75, 3.05) is 31.1 Å². The Balaban J connectivity index is 2.09. The number of anilines is 1. The highest BCUT2D eigenvalue weighted by atomic mass is 16.5. The topological polar surface area (TPSA) is 37.4 Å². The van der Waals surface area contributed by atoms with Crippen LogP contribution >= 0.6 is 0 Å². The molecule has 19 heavy (non-hydrogen) atoms. The Morgan fingerprint density at radius 2 is 2.32 bits per heavy atom. The van der Waals surface area contributed by atoms with Crippen LogP contribution in [0.5, 0.6) is 0 Å². The van der Waals surface area contributed by atoms with E-state index in [1.165, 1.54) is 5.56 Å². The molecule has 1 fully saturated rings. The molecular weight excluding hydrogens is 238 g/mol. The maximum absolute atomic E-state index is 5.68. The molecule has 1 aromatic rings. The van der Waals surface area contributed by atoms with Gasteiger partial charge in [-0.05, 0) is 38.4 Å². The molecule has 106 valence electrons. The third kappa shape index (κ3) is 3.91. The summed E-state index contributed by atoms with van der Waals surface area (Å²) in [6.45, 7) is 11.0. The molecule has 1 aliphatic rings. The molecule has 4 heteroatoms. The van der Waals surface area contributed by atoms with Gasteiger partial charge in [-0.15, -0.1) is 0 Å². The summed E-state index contributed by atoms with van der Waals surface area (Å²) in [6.07, 6.45) is 1.36. The number of rotatable bonds is 4. The third-order valence-electron chi connectivity index (χ3n) is 3.52. The van der Waals surface area contributed by atoms with Crippen LogP contribution in [0, 0.1) is 6.92 Å². The minimum Gasteiger partial charge on any atom is -0.377 e. The molecule has 0 radical (unpaired) electrons. The van der Waals surface area contributed by atoms with E-state index in [0.29, 0.717) is 0 Å². The van der Waals surface area contributed by atoms with Crippen molar-refractivity contribution in [3.63, 3.8) is 0 Å². The summed E-state index contributed by atoms with van der Waals surface area (Å²) in [7, 11) is 0. The zero-order valence-corrected chi connectivity index (χ0v) is 12.3. The molecule has 0 saturated carbocycles. The first-order valence-electron chi connectivity index (χ1n) is 7.24. The quantitative estimate of drug-likeness (QED) is 0.903. The molecule has 2 heterocycles. The molecule has 0 aromatic carbocycles. The molecule has 1 N–H and O–H groups in total. The number of aryl methyl sites for hydroxylation is 1. The van der Waals surface area contributed by atoms with Crippen LogP contribution in [0.25, 0.3) is 0 Å². The first kappa shape index (κ1) is 14.3. The molecule has 1 saturated heterocycles. The lowest BCUT2D eigenvalue weighted by atomic mass is 10.2. The fourth-order valence-electron chi connectivity index (χ4n) is 2.40. The molecule has 0 bridgehead atoms. The van der Waals surface area contributed by atoms with Gasteiger partial charge >= 0.3 is 0 Å². The van der Waals surface area contributed by atoms with E-state index in [-0.39, 0.29) is 6.10 Å².